The number of nitriles is 1. The highest BCUT2D eigenvalue weighted by molar-refractivity contribution is 5.34. The summed E-state index contributed by atoms with van der Waals surface area (Å²) >= 11 is 0. The van der Waals surface area contributed by atoms with E-state index in [0.29, 0.717) is 17.1 Å². The molecule has 1 aromatic rings. The van der Waals surface area contributed by atoms with Crippen molar-refractivity contribution in [1.82, 2.24) is 9.97 Å². The van der Waals surface area contributed by atoms with Crippen molar-refractivity contribution in [2.45, 2.75) is 33.1 Å². The van der Waals surface area contributed by atoms with Crippen LogP contribution >= 0.6 is 0 Å². The topological polar surface area (TPSA) is 52.8 Å². The van der Waals surface area contributed by atoms with Crippen LogP contribution in [-0.2, 0) is 0 Å². The third kappa shape index (κ3) is 2.55. The molecule has 0 atom stereocenters. The van der Waals surface area contributed by atoms with Crippen molar-refractivity contribution in [3.05, 3.63) is 18.0 Å². The average Bonchev–Trinajstić information content (AvgIpc) is 2.40. The number of anilines is 1. The van der Waals surface area contributed by atoms with E-state index >= 15 is 0 Å². The molecule has 0 aromatic carbocycles. The predicted octanol–water partition coefficient (Wildman–Crippen LogP) is 2.36. The van der Waals surface area contributed by atoms with Gasteiger partial charge in [-0.1, -0.05) is 20.3 Å². The third-order valence-corrected chi connectivity index (χ3v) is 3.86. The van der Waals surface area contributed by atoms with Gasteiger partial charge in [0.15, 0.2) is 0 Å². The smallest absolute Gasteiger partial charge is 0.226 e. The minimum absolute atomic E-state index is 0.443. The van der Waals surface area contributed by atoms with Crippen LogP contribution in [0.1, 0.15) is 38.8 Å². The molecule has 4 nitrogen and oxygen atoms in total. The van der Waals surface area contributed by atoms with Crippen LogP contribution in [0.3, 0.4) is 0 Å². The van der Waals surface area contributed by atoms with Crippen molar-refractivity contribution in [2.24, 2.45) is 5.41 Å². The summed E-state index contributed by atoms with van der Waals surface area (Å²) in [5.74, 6) is 0.696. The van der Waals surface area contributed by atoms with Gasteiger partial charge in [-0.3, -0.25) is 0 Å². The lowest BCUT2D eigenvalue weighted by Gasteiger charge is -2.38. The molecule has 17 heavy (non-hydrogen) atoms. The summed E-state index contributed by atoms with van der Waals surface area (Å²) in [5, 5.41) is 8.82. The maximum Gasteiger partial charge on any atom is 0.226 e. The molecule has 0 N–H and O–H groups in total. The van der Waals surface area contributed by atoms with Gasteiger partial charge in [-0.2, -0.15) is 5.26 Å². The molecule has 0 bridgehead atoms. The second kappa shape index (κ2) is 4.70. The van der Waals surface area contributed by atoms with Gasteiger partial charge < -0.3 is 4.90 Å². The van der Waals surface area contributed by atoms with Gasteiger partial charge in [0.1, 0.15) is 11.8 Å². The Kier molecular flexibility index (Phi) is 3.28. The molecule has 1 saturated heterocycles. The van der Waals surface area contributed by atoms with E-state index < -0.39 is 0 Å². The van der Waals surface area contributed by atoms with Gasteiger partial charge in [0, 0.05) is 19.3 Å². The monoisotopic (exact) mass is 230 g/mol. The van der Waals surface area contributed by atoms with Gasteiger partial charge in [0.05, 0.1) is 0 Å². The summed E-state index contributed by atoms with van der Waals surface area (Å²) in [5.41, 5.74) is 0.905. The quantitative estimate of drug-likeness (QED) is 0.782. The highest BCUT2D eigenvalue weighted by atomic mass is 15.3. The van der Waals surface area contributed by atoms with E-state index in [9.17, 15) is 0 Å². The number of nitrogens with zero attached hydrogens (tertiary/aromatic N) is 4. The van der Waals surface area contributed by atoms with Crippen molar-refractivity contribution >= 4 is 5.95 Å². The molecule has 0 radical (unpaired) electrons. The van der Waals surface area contributed by atoms with Gasteiger partial charge in [0.25, 0.3) is 0 Å². The molecule has 1 aromatic heterocycles. The van der Waals surface area contributed by atoms with Gasteiger partial charge in [-0.05, 0) is 24.3 Å². The summed E-state index contributed by atoms with van der Waals surface area (Å²) in [6.07, 6.45) is 5.22. The number of hydrogen-bond donors (Lipinski definition) is 0. The lowest BCUT2D eigenvalue weighted by atomic mass is 9.78. The number of piperidine rings is 1. The first-order valence-electron chi connectivity index (χ1n) is 6.15. The van der Waals surface area contributed by atoms with Crippen LogP contribution in [0.2, 0.25) is 0 Å². The van der Waals surface area contributed by atoms with Crippen LogP contribution in [0.4, 0.5) is 5.95 Å². The molecular weight excluding hydrogens is 212 g/mol. The van der Waals surface area contributed by atoms with Gasteiger partial charge in [-0.15, -0.1) is 0 Å². The van der Waals surface area contributed by atoms with E-state index in [-0.39, 0.29) is 0 Å². The van der Waals surface area contributed by atoms with Crippen LogP contribution in [0.15, 0.2) is 12.3 Å². The summed E-state index contributed by atoms with van der Waals surface area (Å²) in [4.78, 5) is 10.7. The van der Waals surface area contributed by atoms with E-state index in [1.54, 1.807) is 12.3 Å². The van der Waals surface area contributed by atoms with Crippen molar-refractivity contribution < 1.29 is 0 Å². The van der Waals surface area contributed by atoms with E-state index in [4.69, 9.17) is 5.26 Å². The molecule has 90 valence electrons. The van der Waals surface area contributed by atoms with Crippen molar-refractivity contribution in [1.29, 1.82) is 5.26 Å². The van der Waals surface area contributed by atoms with E-state index in [1.165, 1.54) is 19.3 Å². The number of rotatable bonds is 2. The van der Waals surface area contributed by atoms with Crippen LogP contribution < -0.4 is 4.90 Å². The Morgan fingerprint density at radius 1 is 1.47 bits per heavy atom. The molecule has 0 unspecified atom stereocenters. The van der Waals surface area contributed by atoms with Crippen LogP contribution in [0, 0.1) is 16.7 Å². The standard InChI is InChI=1S/C13H18N4/c1-3-13(2)5-8-17(9-6-13)12-15-7-4-11(10-14)16-12/h4,7H,3,5-6,8-9H2,1-2H3. The zero-order valence-electron chi connectivity index (χ0n) is 10.5. The summed E-state index contributed by atoms with van der Waals surface area (Å²) < 4.78 is 0. The lowest BCUT2D eigenvalue weighted by molar-refractivity contribution is 0.237. The highest BCUT2D eigenvalue weighted by Gasteiger charge is 2.29. The second-order valence-corrected chi connectivity index (χ2v) is 5.00. The van der Waals surface area contributed by atoms with Crippen molar-refractivity contribution in [3.63, 3.8) is 0 Å². The number of aromatic nitrogens is 2. The fourth-order valence-electron chi connectivity index (χ4n) is 2.16. The maximum absolute atomic E-state index is 8.82. The molecule has 4 heteroatoms. The Labute approximate surface area is 102 Å². The first-order chi connectivity index (χ1) is 8.17. The van der Waals surface area contributed by atoms with Crippen LogP contribution in [-0.4, -0.2) is 23.1 Å². The Balaban J connectivity index is 2.08. The second-order valence-electron chi connectivity index (χ2n) is 5.00. The van der Waals surface area contributed by atoms with Crippen LogP contribution in [0.5, 0.6) is 0 Å². The summed E-state index contributed by atoms with van der Waals surface area (Å²) in [7, 11) is 0. The summed E-state index contributed by atoms with van der Waals surface area (Å²) in [6, 6.07) is 3.70. The molecular formula is C13H18N4. The molecule has 1 fully saturated rings. The predicted molar refractivity (Wildman–Crippen MR) is 66.6 cm³/mol. The molecule has 0 spiro atoms. The van der Waals surface area contributed by atoms with Crippen LogP contribution in [0.25, 0.3) is 0 Å². The molecule has 1 aliphatic rings. The van der Waals surface area contributed by atoms with E-state index in [1.807, 2.05) is 0 Å². The van der Waals surface area contributed by atoms with Gasteiger partial charge in [-0.25, -0.2) is 9.97 Å². The Morgan fingerprint density at radius 3 is 2.76 bits per heavy atom. The van der Waals surface area contributed by atoms with Crippen molar-refractivity contribution in [2.75, 3.05) is 18.0 Å². The largest absolute Gasteiger partial charge is 0.341 e. The average molecular weight is 230 g/mol. The summed E-state index contributed by atoms with van der Waals surface area (Å²) in [6.45, 7) is 6.57. The SMILES string of the molecule is CCC1(C)CCN(c2nccc(C#N)n2)CC1. The van der Waals surface area contributed by atoms with Gasteiger partial charge in [0.2, 0.25) is 5.95 Å². The molecule has 2 heterocycles. The minimum atomic E-state index is 0.443. The molecule has 1 aliphatic heterocycles. The Morgan fingerprint density at radius 2 is 2.18 bits per heavy atom. The lowest BCUT2D eigenvalue weighted by Crippen LogP contribution is -2.39. The number of hydrogen-bond acceptors (Lipinski definition) is 4. The molecule has 0 amide bonds. The zero-order valence-corrected chi connectivity index (χ0v) is 10.5. The highest BCUT2D eigenvalue weighted by Crippen LogP contribution is 2.34. The zero-order chi connectivity index (χ0) is 12.3. The van der Waals surface area contributed by atoms with E-state index in [0.717, 1.165) is 13.1 Å². The minimum Gasteiger partial charge on any atom is -0.341 e. The fraction of sp³-hybridized carbons (Fsp3) is 0.615. The molecule has 0 aliphatic carbocycles. The third-order valence-electron chi connectivity index (χ3n) is 3.86. The maximum atomic E-state index is 8.82. The first-order valence-corrected chi connectivity index (χ1v) is 6.15. The van der Waals surface area contributed by atoms with Crippen molar-refractivity contribution in [3.8, 4) is 6.07 Å². The fourth-order valence-corrected chi connectivity index (χ4v) is 2.16. The first kappa shape index (κ1) is 11.8. The van der Waals surface area contributed by atoms with E-state index in [2.05, 4.69) is 34.8 Å². The molecule has 2 rings (SSSR count). The Bertz CT molecular complexity index is 427. The molecule has 0 saturated carbocycles. The normalized spacial score (nSPS) is 18.8. The Hall–Kier alpha value is -1.63. The van der Waals surface area contributed by atoms with Gasteiger partial charge >= 0.3 is 0 Å².